The number of aliphatic imine (C=N–C) groups is 1. The Morgan fingerprint density at radius 2 is 2.35 bits per heavy atom. The van der Waals surface area contributed by atoms with Crippen molar-refractivity contribution in [3.05, 3.63) is 27.9 Å². The zero-order valence-corrected chi connectivity index (χ0v) is 16.0. The maximum absolute atomic E-state index is 12.2. The van der Waals surface area contributed by atoms with Crippen molar-refractivity contribution >= 4 is 40.0 Å². The molecule has 2 aliphatic heterocycles. The van der Waals surface area contributed by atoms with Crippen LogP contribution in [0.15, 0.2) is 21.0 Å². The third kappa shape index (κ3) is 3.12. The summed E-state index contributed by atoms with van der Waals surface area (Å²) in [6, 6.07) is 1.58. The number of fused-ring (bicyclic) bond motifs is 1. The highest BCUT2D eigenvalue weighted by molar-refractivity contribution is 8.13. The van der Waals surface area contributed by atoms with Crippen molar-refractivity contribution in [1.82, 2.24) is 10.1 Å². The molecule has 4 rings (SSSR count). The van der Waals surface area contributed by atoms with E-state index in [0.29, 0.717) is 29.3 Å². The molecule has 138 valence electrons. The number of anilines is 1. The van der Waals surface area contributed by atoms with Gasteiger partial charge in [-0.2, -0.15) is 0 Å². The molecule has 1 saturated heterocycles. The van der Waals surface area contributed by atoms with Crippen LogP contribution in [-0.2, 0) is 10.3 Å². The van der Waals surface area contributed by atoms with Gasteiger partial charge >= 0.3 is 0 Å². The Balaban J connectivity index is 1.59. The van der Waals surface area contributed by atoms with E-state index in [1.165, 1.54) is 11.3 Å². The van der Waals surface area contributed by atoms with E-state index in [1.54, 1.807) is 30.1 Å². The van der Waals surface area contributed by atoms with Crippen LogP contribution in [0.1, 0.15) is 34.6 Å². The third-order valence-corrected chi connectivity index (χ3v) is 6.56. The molecular weight excluding hydrogens is 374 g/mol. The fraction of sp³-hybridized carbons (Fsp3) is 0.500. The molecular formula is C16H19N5O3S2. The largest absolute Gasteiger partial charge is 0.379 e. The van der Waals surface area contributed by atoms with E-state index in [4.69, 9.17) is 20.0 Å². The number of nitrogens with zero attached hydrogens (tertiary/aromatic N) is 3. The Kier molecular flexibility index (Phi) is 4.49. The minimum absolute atomic E-state index is 0.192. The number of aromatic nitrogens is 2. The van der Waals surface area contributed by atoms with Gasteiger partial charge in [-0.1, -0.05) is 16.9 Å². The first kappa shape index (κ1) is 17.5. The third-order valence-electron chi connectivity index (χ3n) is 4.60. The highest BCUT2D eigenvalue weighted by Crippen LogP contribution is 2.46. The van der Waals surface area contributed by atoms with Gasteiger partial charge in [-0.3, -0.25) is 4.79 Å². The standard InChI is InChI=1S/C16H19N5O3S2/c1-8-3-10-5-26-15(17)20-16(10,7-23-8)14-19-12(6-25-14)18-13(22)11-4-9(2)24-21-11/h4,6,8,10H,3,5,7H2,1-2H3,(H2,17,20)(H,18,22)/t8-,10-,16?/m0/s1. The predicted octanol–water partition coefficient (Wildman–Crippen LogP) is 2.37. The summed E-state index contributed by atoms with van der Waals surface area (Å²) in [4.78, 5) is 21.6. The number of nitrogens with two attached hydrogens (primary N) is 1. The fourth-order valence-corrected chi connectivity index (χ4v) is 5.24. The average molecular weight is 393 g/mol. The Morgan fingerprint density at radius 1 is 1.50 bits per heavy atom. The van der Waals surface area contributed by atoms with Crippen LogP contribution in [0.5, 0.6) is 0 Å². The van der Waals surface area contributed by atoms with Gasteiger partial charge in [-0.05, 0) is 20.3 Å². The molecule has 3 atom stereocenters. The van der Waals surface area contributed by atoms with Gasteiger partial charge in [-0.25, -0.2) is 9.98 Å². The molecule has 0 aliphatic carbocycles. The highest BCUT2D eigenvalue weighted by atomic mass is 32.2. The molecule has 0 spiro atoms. The van der Waals surface area contributed by atoms with Crippen molar-refractivity contribution in [2.75, 3.05) is 17.7 Å². The zero-order valence-electron chi connectivity index (χ0n) is 14.4. The number of carbonyl (C=O) groups is 1. The average Bonchev–Trinajstić information content (AvgIpc) is 3.24. The van der Waals surface area contributed by atoms with Crippen LogP contribution in [0.3, 0.4) is 0 Å². The lowest BCUT2D eigenvalue weighted by Crippen LogP contribution is -2.49. The van der Waals surface area contributed by atoms with Crippen molar-refractivity contribution in [3.63, 3.8) is 0 Å². The van der Waals surface area contributed by atoms with E-state index in [0.717, 1.165) is 17.2 Å². The number of rotatable bonds is 3. The molecule has 2 aromatic heterocycles. The lowest BCUT2D eigenvalue weighted by Gasteiger charge is -2.44. The molecule has 0 radical (unpaired) electrons. The number of amides is 1. The monoisotopic (exact) mass is 393 g/mol. The van der Waals surface area contributed by atoms with Gasteiger partial charge in [0.2, 0.25) is 0 Å². The number of ether oxygens (including phenoxy) is 1. The maximum atomic E-state index is 12.2. The first-order valence-corrected chi connectivity index (χ1v) is 10.1. The van der Waals surface area contributed by atoms with Crippen molar-refractivity contribution in [2.45, 2.75) is 31.9 Å². The molecule has 2 aromatic rings. The van der Waals surface area contributed by atoms with Crippen LogP contribution in [0.25, 0.3) is 0 Å². The quantitative estimate of drug-likeness (QED) is 0.822. The lowest BCUT2D eigenvalue weighted by molar-refractivity contribution is -0.0466. The summed E-state index contributed by atoms with van der Waals surface area (Å²) in [6.45, 7) is 4.25. The summed E-state index contributed by atoms with van der Waals surface area (Å²) >= 11 is 3.03. The van der Waals surface area contributed by atoms with Gasteiger partial charge in [-0.15, -0.1) is 11.3 Å². The van der Waals surface area contributed by atoms with Gasteiger partial charge in [0.15, 0.2) is 10.9 Å². The summed E-state index contributed by atoms with van der Waals surface area (Å²) in [7, 11) is 0. The van der Waals surface area contributed by atoms with E-state index in [9.17, 15) is 4.79 Å². The Morgan fingerprint density at radius 3 is 3.12 bits per heavy atom. The van der Waals surface area contributed by atoms with Gasteiger partial charge in [0.25, 0.3) is 5.91 Å². The molecule has 0 saturated carbocycles. The van der Waals surface area contributed by atoms with Crippen molar-refractivity contribution < 1.29 is 14.1 Å². The lowest BCUT2D eigenvalue weighted by atomic mass is 9.80. The molecule has 26 heavy (non-hydrogen) atoms. The maximum Gasteiger partial charge on any atom is 0.279 e. The first-order chi connectivity index (χ1) is 12.5. The minimum Gasteiger partial charge on any atom is -0.379 e. The van der Waals surface area contributed by atoms with Gasteiger partial charge in [0.05, 0.1) is 12.7 Å². The number of amidine groups is 1. The van der Waals surface area contributed by atoms with E-state index in [2.05, 4.69) is 22.4 Å². The molecule has 2 aliphatic rings. The Labute approximate surface area is 158 Å². The van der Waals surface area contributed by atoms with Gasteiger partial charge in [0, 0.05) is 23.1 Å². The fourth-order valence-electron chi connectivity index (χ4n) is 3.26. The van der Waals surface area contributed by atoms with Crippen LogP contribution in [0.4, 0.5) is 5.82 Å². The predicted molar refractivity (Wildman–Crippen MR) is 101 cm³/mol. The van der Waals surface area contributed by atoms with Gasteiger partial charge in [0.1, 0.15) is 22.1 Å². The summed E-state index contributed by atoms with van der Waals surface area (Å²) in [5, 5.41) is 9.64. The van der Waals surface area contributed by atoms with E-state index in [-0.39, 0.29) is 17.7 Å². The zero-order chi connectivity index (χ0) is 18.3. The van der Waals surface area contributed by atoms with Crippen molar-refractivity contribution in [1.29, 1.82) is 0 Å². The normalized spacial score (nSPS) is 28.3. The molecule has 3 N–H and O–H groups in total. The summed E-state index contributed by atoms with van der Waals surface area (Å²) in [5.74, 6) is 1.88. The number of carbonyl (C=O) groups excluding carboxylic acids is 1. The number of hydrogen-bond donors (Lipinski definition) is 2. The Hall–Kier alpha value is -1.91. The Bertz CT molecular complexity index is 864. The van der Waals surface area contributed by atoms with Crippen LogP contribution in [0.2, 0.25) is 0 Å². The van der Waals surface area contributed by atoms with E-state index >= 15 is 0 Å². The molecule has 4 heterocycles. The topological polar surface area (TPSA) is 116 Å². The molecule has 8 nitrogen and oxygen atoms in total. The van der Waals surface area contributed by atoms with Crippen LogP contribution in [0, 0.1) is 12.8 Å². The van der Waals surface area contributed by atoms with Gasteiger partial charge < -0.3 is 20.3 Å². The van der Waals surface area contributed by atoms with Crippen molar-refractivity contribution in [3.8, 4) is 0 Å². The first-order valence-electron chi connectivity index (χ1n) is 8.26. The second kappa shape index (κ2) is 6.67. The van der Waals surface area contributed by atoms with Crippen LogP contribution in [-0.4, -0.2) is 39.7 Å². The summed E-state index contributed by atoms with van der Waals surface area (Å²) in [6.07, 6.45) is 1.10. The second-order valence-electron chi connectivity index (χ2n) is 6.55. The smallest absolute Gasteiger partial charge is 0.279 e. The molecule has 1 fully saturated rings. The molecule has 1 amide bonds. The van der Waals surface area contributed by atoms with E-state index in [1.807, 2.05) is 0 Å². The highest BCUT2D eigenvalue weighted by Gasteiger charge is 2.49. The van der Waals surface area contributed by atoms with Crippen LogP contribution < -0.4 is 11.1 Å². The molecule has 0 bridgehead atoms. The second-order valence-corrected chi connectivity index (χ2v) is 8.45. The molecule has 10 heteroatoms. The number of hydrogen-bond acceptors (Lipinski definition) is 9. The van der Waals surface area contributed by atoms with E-state index < -0.39 is 5.54 Å². The number of thiazole rings is 1. The van der Waals surface area contributed by atoms with Crippen molar-refractivity contribution in [2.24, 2.45) is 16.6 Å². The molecule has 1 unspecified atom stereocenters. The number of thioether (sulfide) groups is 1. The minimum atomic E-state index is -0.569. The van der Waals surface area contributed by atoms with Crippen LogP contribution >= 0.6 is 23.1 Å². The SMILES string of the molecule is Cc1cc(C(=O)Nc2csc(C34CO[C@@H](C)C[C@H]3CSC(N)=N4)n2)no1. The number of nitrogens with one attached hydrogen (secondary N) is 1. The summed E-state index contributed by atoms with van der Waals surface area (Å²) in [5.41, 5.74) is 5.66. The number of aryl methyl sites for hydroxylation is 1. The summed E-state index contributed by atoms with van der Waals surface area (Å²) < 4.78 is 10.8. The molecule has 0 aromatic carbocycles.